The van der Waals surface area contributed by atoms with E-state index in [1.54, 1.807) is 6.92 Å². The van der Waals surface area contributed by atoms with Gasteiger partial charge in [0.2, 0.25) is 0 Å². The monoisotopic (exact) mass is 297 g/mol. The third kappa shape index (κ3) is 4.51. The number of thioether (sulfide) groups is 1. The molecule has 2 N–H and O–H groups in total. The summed E-state index contributed by atoms with van der Waals surface area (Å²) in [4.78, 5) is 12.2. The lowest BCUT2D eigenvalue weighted by Gasteiger charge is -2.22. The number of carbonyl (C=O) groups excluding carboxylic acids is 1. The Morgan fingerprint density at radius 2 is 2.05 bits per heavy atom. The first-order valence-electron chi connectivity index (χ1n) is 6.07. The van der Waals surface area contributed by atoms with Gasteiger partial charge in [0.15, 0.2) is 0 Å². The molecule has 0 aliphatic carbocycles. The zero-order chi connectivity index (χ0) is 14.5. The van der Waals surface area contributed by atoms with E-state index in [0.29, 0.717) is 17.3 Å². The summed E-state index contributed by atoms with van der Waals surface area (Å²) < 4.78 is 4.48. The van der Waals surface area contributed by atoms with E-state index in [4.69, 9.17) is 22.7 Å². The summed E-state index contributed by atoms with van der Waals surface area (Å²) in [6, 6.07) is 7.71. The van der Waals surface area contributed by atoms with Gasteiger partial charge in [0.25, 0.3) is 0 Å². The fraction of sp³-hybridized carbons (Fsp3) is 0.429. The van der Waals surface area contributed by atoms with Crippen LogP contribution in [-0.2, 0) is 15.3 Å². The normalized spacial score (nSPS) is 11.1. The second kappa shape index (κ2) is 6.91. The van der Waals surface area contributed by atoms with Gasteiger partial charge in [-0.2, -0.15) is 0 Å². The molecule has 1 aromatic rings. The lowest BCUT2D eigenvalue weighted by molar-refractivity contribution is -0.145. The van der Waals surface area contributed by atoms with E-state index in [2.05, 4.69) is 0 Å². The van der Waals surface area contributed by atoms with Crippen LogP contribution in [0, 0.1) is 0 Å². The Morgan fingerprint density at radius 1 is 1.42 bits per heavy atom. The molecule has 0 spiro atoms. The summed E-state index contributed by atoms with van der Waals surface area (Å²) >= 11 is 6.55. The van der Waals surface area contributed by atoms with E-state index < -0.39 is 4.75 Å². The second-order valence-corrected chi connectivity index (χ2v) is 6.58. The van der Waals surface area contributed by atoms with Crippen LogP contribution in [0.4, 0.5) is 0 Å². The molecule has 19 heavy (non-hydrogen) atoms. The highest BCUT2D eigenvalue weighted by Gasteiger charge is 2.29. The van der Waals surface area contributed by atoms with Gasteiger partial charge in [-0.05, 0) is 26.3 Å². The maximum atomic E-state index is 11.8. The van der Waals surface area contributed by atoms with Crippen molar-refractivity contribution >= 4 is 34.9 Å². The topological polar surface area (TPSA) is 52.3 Å². The van der Waals surface area contributed by atoms with Crippen molar-refractivity contribution in [1.82, 2.24) is 0 Å². The van der Waals surface area contributed by atoms with Crippen molar-refractivity contribution in [2.75, 3.05) is 6.61 Å². The Bertz CT molecular complexity index is 472. The number of hydrogen-bond acceptors (Lipinski definition) is 4. The lowest BCUT2D eigenvalue weighted by atomic mass is 10.1. The summed E-state index contributed by atoms with van der Waals surface area (Å²) in [5, 5.41) is 0. The summed E-state index contributed by atoms with van der Waals surface area (Å²) in [7, 11) is 0. The van der Waals surface area contributed by atoms with Crippen molar-refractivity contribution in [1.29, 1.82) is 0 Å². The number of benzene rings is 1. The highest BCUT2D eigenvalue weighted by molar-refractivity contribution is 8.00. The third-order valence-electron chi connectivity index (χ3n) is 2.64. The number of thiocarbonyl (C=S) groups is 1. The van der Waals surface area contributed by atoms with Crippen molar-refractivity contribution in [3.05, 3.63) is 35.4 Å². The average molecular weight is 297 g/mol. The smallest absolute Gasteiger partial charge is 0.321 e. The molecule has 104 valence electrons. The van der Waals surface area contributed by atoms with Gasteiger partial charge in [-0.15, -0.1) is 11.8 Å². The molecule has 0 amide bonds. The van der Waals surface area contributed by atoms with E-state index in [0.717, 1.165) is 11.1 Å². The largest absolute Gasteiger partial charge is 0.465 e. The Hall–Kier alpha value is -1.07. The van der Waals surface area contributed by atoms with Crippen LogP contribution in [0.2, 0.25) is 0 Å². The van der Waals surface area contributed by atoms with Gasteiger partial charge in [0, 0.05) is 11.3 Å². The van der Waals surface area contributed by atoms with Crippen LogP contribution >= 0.6 is 24.0 Å². The quantitative estimate of drug-likeness (QED) is 0.646. The molecule has 0 saturated heterocycles. The van der Waals surface area contributed by atoms with Gasteiger partial charge >= 0.3 is 5.97 Å². The van der Waals surface area contributed by atoms with Crippen LogP contribution in [-0.4, -0.2) is 22.3 Å². The van der Waals surface area contributed by atoms with Crippen molar-refractivity contribution in [2.45, 2.75) is 31.3 Å². The minimum Gasteiger partial charge on any atom is -0.465 e. The molecule has 0 atom stereocenters. The number of carbonyl (C=O) groups is 1. The molecular formula is C14H19NO2S2. The van der Waals surface area contributed by atoms with E-state index in [1.807, 2.05) is 38.1 Å². The standard InChI is InChI=1S/C14H19NO2S2/c1-4-17-13(16)14(2,3)19-9-10-7-5-6-8-11(10)12(15)18/h5-8H,4,9H2,1-3H3,(H2,15,18). The van der Waals surface area contributed by atoms with Crippen LogP contribution < -0.4 is 5.73 Å². The zero-order valence-electron chi connectivity index (χ0n) is 11.4. The molecule has 0 heterocycles. The van der Waals surface area contributed by atoms with E-state index in [9.17, 15) is 4.79 Å². The number of ether oxygens (including phenoxy) is 1. The number of rotatable bonds is 6. The summed E-state index contributed by atoms with van der Waals surface area (Å²) in [6.45, 7) is 5.92. The predicted molar refractivity (Wildman–Crippen MR) is 84.3 cm³/mol. The SMILES string of the molecule is CCOC(=O)C(C)(C)SCc1ccccc1C(N)=S. The Morgan fingerprint density at radius 3 is 2.63 bits per heavy atom. The Kier molecular flexibility index (Phi) is 5.82. The third-order valence-corrected chi connectivity index (χ3v) is 4.20. The van der Waals surface area contributed by atoms with Crippen molar-refractivity contribution in [3.8, 4) is 0 Å². The zero-order valence-corrected chi connectivity index (χ0v) is 13.1. The van der Waals surface area contributed by atoms with Crippen molar-refractivity contribution < 1.29 is 9.53 Å². The molecule has 0 aromatic heterocycles. The molecule has 1 rings (SSSR count). The van der Waals surface area contributed by atoms with E-state index >= 15 is 0 Å². The highest BCUT2D eigenvalue weighted by Crippen LogP contribution is 2.30. The van der Waals surface area contributed by atoms with Crippen LogP contribution in [0.15, 0.2) is 24.3 Å². The van der Waals surface area contributed by atoms with Gasteiger partial charge < -0.3 is 10.5 Å². The fourth-order valence-corrected chi connectivity index (χ4v) is 2.65. The molecule has 0 aliphatic rings. The first-order valence-corrected chi connectivity index (χ1v) is 7.46. The summed E-state index contributed by atoms with van der Waals surface area (Å²) in [6.07, 6.45) is 0. The summed E-state index contributed by atoms with van der Waals surface area (Å²) in [5.41, 5.74) is 7.60. The van der Waals surface area contributed by atoms with E-state index in [1.165, 1.54) is 11.8 Å². The minimum absolute atomic E-state index is 0.201. The van der Waals surface area contributed by atoms with Crippen molar-refractivity contribution in [3.63, 3.8) is 0 Å². The molecule has 1 aromatic carbocycles. The van der Waals surface area contributed by atoms with Gasteiger partial charge in [0.1, 0.15) is 9.74 Å². The van der Waals surface area contributed by atoms with Crippen LogP contribution in [0.1, 0.15) is 31.9 Å². The summed E-state index contributed by atoms with van der Waals surface area (Å²) in [5.74, 6) is 0.465. The number of hydrogen-bond donors (Lipinski definition) is 1. The average Bonchev–Trinajstić information content (AvgIpc) is 2.37. The van der Waals surface area contributed by atoms with E-state index in [-0.39, 0.29) is 5.97 Å². The fourth-order valence-electron chi connectivity index (χ4n) is 1.51. The van der Waals surface area contributed by atoms with Gasteiger partial charge in [0.05, 0.1) is 6.61 Å². The molecule has 0 bridgehead atoms. The first-order chi connectivity index (χ1) is 8.88. The molecule has 0 unspecified atom stereocenters. The van der Waals surface area contributed by atoms with Gasteiger partial charge in [-0.25, -0.2) is 0 Å². The predicted octanol–water partition coefficient (Wildman–Crippen LogP) is 2.90. The molecule has 0 fully saturated rings. The maximum Gasteiger partial charge on any atom is 0.321 e. The van der Waals surface area contributed by atoms with Gasteiger partial charge in [-0.1, -0.05) is 36.5 Å². The second-order valence-electron chi connectivity index (χ2n) is 4.54. The molecule has 0 aliphatic heterocycles. The Labute approximate surface area is 123 Å². The lowest BCUT2D eigenvalue weighted by Crippen LogP contribution is -2.30. The van der Waals surface area contributed by atoms with Crippen LogP contribution in [0.25, 0.3) is 0 Å². The molecular weight excluding hydrogens is 278 g/mol. The molecule has 3 nitrogen and oxygen atoms in total. The minimum atomic E-state index is -0.584. The van der Waals surface area contributed by atoms with Crippen LogP contribution in [0.3, 0.4) is 0 Å². The Balaban J connectivity index is 2.77. The molecule has 0 saturated carbocycles. The maximum absolute atomic E-state index is 11.8. The van der Waals surface area contributed by atoms with Crippen LogP contribution in [0.5, 0.6) is 0 Å². The van der Waals surface area contributed by atoms with Crippen molar-refractivity contribution in [2.24, 2.45) is 5.73 Å². The number of esters is 1. The molecule has 5 heteroatoms. The highest BCUT2D eigenvalue weighted by atomic mass is 32.2. The van der Waals surface area contributed by atoms with Gasteiger partial charge in [-0.3, -0.25) is 4.79 Å². The number of nitrogens with two attached hydrogens (primary N) is 1. The molecule has 0 radical (unpaired) electrons. The first kappa shape index (κ1) is 16.0.